The lowest BCUT2D eigenvalue weighted by atomic mass is 10.2. The van der Waals surface area contributed by atoms with Gasteiger partial charge < -0.3 is 9.40 Å². The van der Waals surface area contributed by atoms with Crippen molar-refractivity contribution in [3.05, 3.63) is 35.3 Å². The molecule has 4 rings (SSSR count). The number of aryl methyl sites for hydroxylation is 2. The third-order valence-corrected chi connectivity index (χ3v) is 3.32. The molecular formula is C12H11N5O. The highest BCUT2D eigenvalue weighted by Crippen LogP contribution is 2.24. The van der Waals surface area contributed by atoms with Crippen molar-refractivity contribution in [3.63, 3.8) is 0 Å². The van der Waals surface area contributed by atoms with Crippen LogP contribution >= 0.6 is 0 Å². The Morgan fingerprint density at radius 1 is 1.39 bits per heavy atom. The Labute approximate surface area is 102 Å². The fourth-order valence-electron chi connectivity index (χ4n) is 2.50. The molecule has 0 aliphatic heterocycles. The van der Waals surface area contributed by atoms with Crippen LogP contribution in [-0.2, 0) is 12.8 Å². The molecule has 3 heterocycles. The van der Waals surface area contributed by atoms with E-state index in [4.69, 9.17) is 9.83 Å². The van der Waals surface area contributed by atoms with E-state index in [1.807, 2.05) is 6.07 Å². The van der Waals surface area contributed by atoms with Crippen molar-refractivity contribution < 1.29 is 4.42 Å². The first-order valence-corrected chi connectivity index (χ1v) is 5.92. The van der Waals surface area contributed by atoms with E-state index >= 15 is 0 Å². The van der Waals surface area contributed by atoms with Crippen LogP contribution in [-0.4, -0.2) is 19.6 Å². The minimum Gasteiger partial charge on any atom is -0.461 e. The lowest BCUT2D eigenvalue weighted by Crippen LogP contribution is -2.20. The molecule has 0 radical (unpaired) electrons. The molecule has 0 bridgehead atoms. The molecule has 0 spiro atoms. The average Bonchev–Trinajstić information content (AvgIpc) is 3.08. The van der Waals surface area contributed by atoms with Gasteiger partial charge >= 0.3 is 0 Å². The van der Waals surface area contributed by atoms with E-state index in [9.17, 15) is 0 Å². The monoisotopic (exact) mass is 241 g/mol. The Morgan fingerprint density at radius 2 is 2.33 bits per heavy atom. The fraction of sp³-hybridized carbons (Fsp3) is 0.250. The van der Waals surface area contributed by atoms with E-state index in [2.05, 4.69) is 15.1 Å². The van der Waals surface area contributed by atoms with Crippen LogP contribution in [0.4, 0.5) is 0 Å². The number of nitrogens with one attached hydrogen (secondary N) is 2. The number of furan rings is 1. The van der Waals surface area contributed by atoms with Gasteiger partial charge in [0.25, 0.3) is 0 Å². The maximum atomic E-state index is 7.95. The maximum Gasteiger partial charge on any atom is 0.222 e. The molecule has 0 amide bonds. The highest BCUT2D eigenvalue weighted by Gasteiger charge is 2.19. The van der Waals surface area contributed by atoms with Gasteiger partial charge in [-0.15, -0.1) is 5.10 Å². The zero-order chi connectivity index (χ0) is 12.1. The zero-order valence-electron chi connectivity index (χ0n) is 9.60. The summed E-state index contributed by atoms with van der Waals surface area (Å²) in [7, 11) is 0. The largest absolute Gasteiger partial charge is 0.461 e. The van der Waals surface area contributed by atoms with Gasteiger partial charge in [-0.2, -0.15) is 4.52 Å². The van der Waals surface area contributed by atoms with E-state index in [1.165, 1.54) is 5.56 Å². The first kappa shape index (κ1) is 9.64. The maximum absolute atomic E-state index is 7.95. The Morgan fingerprint density at radius 3 is 3.17 bits per heavy atom. The number of hydrogen-bond donors (Lipinski definition) is 2. The third-order valence-electron chi connectivity index (χ3n) is 3.32. The van der Waals surface area contributed by atoms with E-state index < -0.39 is 0 Å². The second-order valence-electron chi connectivity index (χ2n) is 4.43. The second kappa shape index (κ2) is 3.32. The van der Waals surface area contributed by atoms with Crippen molar-refractivity contribution in [2.75, 3.05) is 0 Å². The Bertz CT molecular complexity index is 781. The summed E-state index contributed by atoms with van der Waals surface area (Å²) in [6.45, 7) is 0. The van der Waals surface area contributed by atoms with Gasteiger partial charge in [0.2, 0.25) is 11.4 Å². The van der Waals surface area contributed by atoms with Crippen LogP contribution in [0.15, 0.2) is 22.8 Å². The van der Waals surface area contributed by atoms with Crippen LogP contribution in [0.2, 0.25) is 0 Å². The smallest absolute Gasteiger partial charge is 0.222 e. The quantitative estimate of drug-likeness (QED) is 0.673. The summed E-state index contributed by atoms with van der Waals surface area (Å²) < 4.78 is 6.84. The summed E-state index contributed by atoms with van der Waals surface area (Å²) in [6.07, 6.45) is 4.68. The van der Waals surface area contributed by atoms with Crippen molar-refractivity contribution >= 4 is 5.65 Å². The lowest BCUT2D eigenvalue weighted by Gasteiger charge is -2.00. The Balaban J connectivity index is 2.06. The molecular weight excluding hydrogens is 230 g/mol. The summed E-state index contributed by atoms with van der Waals surface area (Å²) in [5.41, 5.74) is 3.33. The lowest BCUT2D eigenvalue weighted by molar-refractivity contribution is 0.577. The molecule has 0 aromatic carbocycles. The standard InChI is InChI=1S/C12H11N5O/c13-12-14-8-4-1-3-7(8)11-15-10(16-17(11)12)9-5-2-6-18-9/h2,5-6H,1,3-4H2,(H2,13,14). The first-order valence-electron chi connectivity index (χ1n) is 5.92. The first-order chi connectivity index (χ1) is 8.83. The van der Waals surface area contributed by atoms with E-state index in [1.54, 1.807) is 16.8 Å². The van der Waals surface area contributed by atoms with Crippen LogP contribution in [0.3, 0.4) is 0 Å². The molecule has 18 heavy (non-hydrogen) atoms. The van der Waals surface area contributed by atoms with Crippen molar-refractivity contribution in [1.29, 1.82) is 5.41 Å². The van der Waals surface area contributed by atoms with E-state index in [0.717, 1.165) is 30.6 Å². The predicted molar refractivity (Wildman–Crippen MR) is 62.9 cm³/mol. The highest BCUT2D eigenvalue weighted by atomic mass is 16.3. The number of aromatic nitrogens is 4. The molecule has 2 N–H and O–H groups in total. The van der Waals surface area contributed by atoms with Crippen LogP contribution in [0.25, 0.3) is 17.2 Å². The molecule has 0 saturated heterocycles. The summed E-state index contributed by atoms with van der Waals surface area (Å²) in [5.74, 6) is 1.16. The summed E-state index contributed by atoms with van der Waals surface area (Å²) in [5, 5.41) is 12.3. The van der Waals surface area contributed by atoms with Crippen LogP contribution in [0.5, 0.6) is 0 Å². The SMILES string of the molecule is N=c1[nH]c2c(c3nc(-c4ccco4)nn13)CCC2. The minimum atomic E-state index is 0.260. The van der Waals surface area contributed by atoms with Crippen LogP contribution in [0, 0.1) is 5.41 Å². The van der Waals surface area contributed by atoms with Gasteiger partial charge in [0.1, 0.15) is 0 Å². The van der Waals surface area contributed by atoms with Gasteiger partial charge in [-0.1, -0.05) is 0 Å². The minimum absolute atomic E-state index is 0.260. The van der Waals surface area contributed by atoms with Gasteiger partial charge in [0.05, 0.1) is 6.26 Å². The van der Waals surface area contributed by atoms with Crippen LogP contribution in [0.1, 0.15) is 17.7 Å². The molecule has 0 fully saturated rings. The third kappa shape index (κ3) is 1.20. The number of H-pyrrole nitrogens is 1. The Hall–Kier alpha value is -2.37. The summed E-state index contributed by atoms with van der Waals surface area (Å²) in [4.78, 5) is 7.59. The Kier molecular flexibility index (Phi) is 1.78. The number of fused-ring (bicyclic) bond motifs is 3. The number of rotatable bonds is 1. The molecule has 0 atom stereocenters. The van der Waals surface area contributed by atoms with Gasteiger partial charge in [-0.05, 0) is 31.4 Å². The molecule has 1 aliphatic carbocycles. The summed E-state index contributed by atoms with van der Waals surface area (Å²) in [6, 6.07) is 3.63. The zero-order valence-corrected chi connectivity index (χ0v) is 9.60. The van der Waals surface area contributed by atoms with E-state index in [0.29, 0.717) is 11.6 Å². The average molecular weight is 241 g/mol. The van der Waals surface area contributed by atoms with Crippen molar-refractivity contribution in [1.82, 2.24) is 19.6 Å². The van der Waals surface area contributed by atoms with Crippen LogP contribution < -0.4 is 5.62 Å². The topological polar surface area (TPSA) is 83.0 Å². The van der Waals surface area contributed by atoms with E-state index in [-0.39, 0.29) is 5.62 Å². The predicted octanol–water partition coefficient (Wildman–Crippen LogP) is 1.29. The van der Waals surface area contributed by atoms with Crippen molar-refractivity contribution in [3.8, 4) is 11.6 Å². The molecule has 6 heteroatoms. The van der Waals surface area contributed by atoms with Gasteiger partial charge in [-0.25, -0.2) is 4.98 Å². The van der Waals surface area contributed by atoms with Gasteiger partial charge in [0.15, 0.2) is 11.4 Å². The van der Waals surface area contributed by atoms with Crippen molar-refractivity contribution in [2.24, 2.45) is 0 Å². The molecule has 3 aromatic heterocycles. The number of aromatic amines is 1. The molecule has 3 aromatic rings. The second-order valence-corrected chi connectivity index (χ2v) is 4.43. The molecule has 1 aliphatic rings. The molecule has 6 nitrogen and oxygen atoms in total. The molecule has 0 unspecified atom stereocenters. The number of hydrogen-bond acceptors (Lipinski definition) is 4. The van der Waals surface area contributed by atoms with Crippen molar-refractivity contribution in [2.45, 2.75) is 19.3 Å². The van der Waals surface area contributed by atoms with Gasteiger partial charge in [-0.3, -0.25) is 5.41 Å². The molecule has 0 saturated carbocycles. The summed E-state index contributed by atoms with van der Waals surface area (Å²) >= 11 is 0. The normalized spacial score (nSPS) is 14.2. The fourth-order valence-corrected chi connectivity index (χ4v) is 2.50. The number of nitrogens with zero attached hydrogens (tertiary/aromatic N) is 3. The molecule has 90 valence electrons. The highest BCUT2D eigenvalue weighted by molar-refractivity contribution is 5.57. The van der Waals surface area contributed by atoms with Gasteiger partial charge in [0, 0.05) is 11.3 Å².